The standard InChI is InChI=1S/C19H25N3/c1-2-22(17-18-9-4-3-5-10-18)16-15-20-13-8-12-19-11-6-7-14-21-19/h3-12,14,20H,2,13,15-17H2,1H3/b12-8+. The number of nitrogens with one attached hydrogen (secondary N) is 1. The Morgan fingerprint density at radius 1 is 1.09 bits per heavy atom. The summed E-state index contributed by atoms with van der Waals surface area (Å²) in [5, 5.41) is 3.45. The third-order valence-corrected chi connectivity index (χ3v) is 3.54. The van der Waals surface area contributed by atoms with Crippen molar-refractivity contribution in [3.63, 3.8) is 0 Å². The van der Waals surface area contributed by atoms with Crippen LogP contribution in [0.2, 0.25) is 0 Å². The maximum atomic E-state index is 4.26. The zero-order chi connectivity index (χ0) is 15.5. The second-order valence-corrected chi connectivity index (χ2v) is 5.22. The molecule has 0 amide bonds. The Hall–Kier alpha value is -1.97. The number of benzene rings is 1. The molecule has 1 N–H and O–H groups in total. The van der Waals surface area contributed by atoms with Gasteiger partial charge in [-0.1, -0.05) is 49.4 Å². The minimum absolute atomic E-state index is 0.874. The number of aromatic nitrogens is 1. The van der Waals surface area contributed by atoms with Crippen molar-refractivity contribution in [2.45, 2.75) is 13.5 Å². The van der Waals surface area contributed by atoms with E-state index in [1.54, 1.807) is 0 Å². The highest BCUT2D eigenvalue weighted by atomic mass is 15.1. The maximum absolute atomic E-state index is 4.26. The molecule has 22 heavy (non-hydrogen) atoms. The molecule has 0 saturated heterocycles. The second kappa shape index (κ2) is 9.87. The highest BCUT2D eigenvalue weighted by Gasteiger charge is 2.02. The second-order valence-electron chi connectivity index (χ2n) is 5.22. The van der Waals surface area contributed by atoms with Crippen molar-refractivity contribution in [3.05, 3.63) is 72.1 Å². The minimum atomic E-state index is 0.874. The lowest BCUT2D eigenvalue weighted by Gasteiger charge is -2.20. The van der Waals surface area contributed by atoms with Gasteiger partial charge >= 0.3 is 0 Å². The van der Waals surface area contributed by atoms with E-state index in [1.807, 2.05) is 24.4 Å². The van der Waals surface area contributed by atoms with Crippen molar-refractivity contribution in [3.8, 4) is 0 Å². The molecule has 116 valence electrons. The van der Waals surface area contributed by atoms with E-state index >= 15 is 0 Å². The van der Waals surface area contributed by atoms with E-state index in [4.69, 9.17) is 0 Å². The molecular formula is C19H25N3. The first-order valence-electron chi connectivity index (χ1n) is 7.93. The van der Waals surface area contributed by atoms with Crippen LogP contribution in [-0.4, -0.2) is 36.1 Å². The number of likely N-dealkylation sites (N-methyl/N-ethyl adjacent to an activating group) is 1. The molecule has 0 spiro atoms. The first-order valence-corrected chi connectivity index (χ1v) is 7.93. The predicted octanol–water partition coefficient (Wildman–Crippen LogP) is 3.21. The number of hydrogen-bond acceptors (Lipinski definition) is 3. The Morgan fingerprint density at radius 3 is 2.64 bits per heavy atom. The smallest absolute Gasteiger partial charge is 0.0626 e. The summed E-state index contributed by atoms with van der Waals surface area (Å²) < 4.78 is 0. The Labute approximate surface area is 133 Å². The summed E-state index contributed by atoms with van der Waals surface area (Å²) in [6.07, 6.45) is 5.99. The third-order valence-electron chi connectivity index (χ3n) is 3.54. The molecule has 1 heterocycles. The molecule has 0 bridgehead atoms. The normalized spacial score (nSPS) is 11.4. The van der Waals surface area contributed by atoms with Crippen LogP contribution in [-0.2, 0) is 6.54 Å². The van der Waals surface area contributed by atoms with Crippen LogP contribution in [0.15, 0.2) is 60.8 Å². The quantitative estimate of drug-likeness (QED) is 0.720. The van der Waals surface area contributed by atoms with Crippen molar-refractivity contribution in [1.29, 1.82) is 0 Å². The van der Waals surface area contributed by atoms with Crippen molar-refractivity contribution in [1.82, 2.24) is 15.2 Å². The average molecular weight is 295 g/mol. The van der Waals surface area contributed by atoms with E-state index in [2.05, 4.69) is 64.6 Å². The Bertz CT molecular complexity index is 537. The molecule has 3 heteroatoms. The summed E-state index contributed by atoms with van der Waals surface area (Å²) in [5.41, 5.74) is 2.38. The van der Waals surface area contributed by atoms with Gasteiger partial charge in [0.15, 0.2) is 0 Å². The summed E-state index contributed by atoms with van der Waals surface area (Å²) in [4.78, 5) is 6.71. The first-order chi connectivity index (χ1) is 10.9. The first kappa shape index (κ1) is 16.4. The topological polar surface area (TPSA) is 28.2 Å². The molecule has 3 nitrogen and oxygen atoms in total. The van der Waals surface area contributed by atoms with Gasteiger partial charge in [0, 0.05) is 32.4 Å². The van der Waals surface area contributed by atoms with E-state index < -0.39 is 0 Å². The average Bonchev–Trinajstić information content (AvgIpc) is 2.58. The fourth-order valence-electron chi connectivity index (χ4n) is 2.27. The monoisotopic (exact) mass is 295 g/mol. The maximum Gasteiger partial charge on any atom is 0.0626 e. The lowest BCUT2D eigenvalue weighted by atomic mass is 10.2. The van der Waals surface area contributed by atoms with Crippen LogP contribution in [0.4, 0.5) is 0 Å². The molecular weight excluding hydrogens is 270 g/mol. The van der Waals surface area contributed by atoms with Crippen molar-refractivity contribution in [2.24, 2.45) is 0 Å². The third kappa shape index (κ3) is 6.20. The zero-order valence-electron chi connectivity index (χ0n) is 13.3. The van der Waals surface area contributed by atoms with Gasteiger partial charge in [0.05, 0.1) is 5.69 Å². The van der Waals surface area contributed by atoms with E-state index in [-0.39, 0.29) is 0 Å². The Kier molecular flexibility index (Phi) is 7.36. The zero-order valence-corrected chi connectivity index (χ0v) is 13.3. The summed E-state index contributed by atoms with van der Waals surface area (Å²) in [7, 11) is 0. The Morgan fingerprint density at radius 2 is 1.91 bits per heavy atom. The molecule has 1 aromatic heterocycles. The molecule has 2 rings (SSSR count). The molecule has 0 fully saturated rings. The number of pyridine rings is 1. The highest BCUT2D eigenvalue weighted by Crippen LogP contribution is 2.03. The largest absolute Gasteiger partial charge is 0.312 e. The molecule has 1 aromatic carbocycles. The summed E-state index contributed by atoms with van der Waals surface area (Å²) >= 11 is 0. The van der Waals surface area contributed by atoms with Crippen LogP contribution in [0, 0.1) is 0 Å². The molecule has 0 unspecified atom stereocenters. The lowest BCUT2D eigenvalue weighted by molar-refractivity contribution is 0.280. The molecule has 0 saturated carbocycles. The van der Waals surface area contributed by atoms with Gasteiger partial charge < -0.3 is 5.32 Å². The van der Waals surface area contributed by atoms with Crippen LogP contribution < -0.4 is 5.32 Å². The van der Waals surface area contributed by atoms with Crippen molar-refractivity contribution < 1.29 is 0 Å². The van der Waals surface area contributed by atoms with Gasteiger partial charge in [-0.05, 0) is 30.3 Å². The van der Waals surface area contributed by atoms with Gasteiger partial charge in [0.2, 0.25) is 0 Å². The molecule has 0 aliphatic carbocycles. The van der Waals surface area contributed by atoms with Crippen LogP contribution in [0.25, 0.3) is 6.08 Å². The SMILES string of the molecule is CCN(CCNC/C=C/c1ccccn1)Cc1ccccc1. The lowest BCUT2D eigenvalue weighted by Crippen LogP contribution is -2.31. The van der Waals surface area contributed by atoms with Crippen LogP contribution >= 0.6 is 0 Å². The van der Waals surface area contributed by atoms with Crippen molar-refractivity contribution in [2.75, 3.05) is 26.2 Å². The molecule has 2 aromatic rings. The van der Waals surface area contributed by atoms with Gasteiger partial charge in [0.1, 0.15) is 0 Å². The summed E-state index contributed by atoms with van der Waals surface area (Å²) in [6.45, 7) is 7.22. The van der Waals surface area contributed by atoms with E-state index in [1.165, 1.54) is 5.56 Å². The van der Waals surface area contributed by atoms with E-state index in [0.717, 1.165) is 38.4 Å². The molecule has 0 aliphatic rings. The van der Waals surface area contributed by atoms with Crippen LogP contribution in [0.5, 0.6) is 0 Å². The fourth-order valence-corrected chi connectivity index (χ4v) is 2.27. The van der Waals surface area contributed by atoms with Gasteiger partial charge in [-0.25, -0.2) is 0 Å². The Balaban J connectivity index is 1.63. The molecule has 0 radical (unpaired) electrons. The van der Waals surface area contributed by atoms with Gasteiger partial charge in [0.25, 0.3) is 0 Å². The summed E-state index contributed by atoms with van der Waals surface area (Å²) in [6, 6.07) is 16.6. The van der Waals surface area contributed by atoms with Gasteiger partial charge in [-0.3, -0.25) is 9.88 Å². The fraction of sp³-hybridized carbons (Fsp3) is 0.316. The highest BCUT2D eigenvalue weighted by molar-refractivity contribution is 5.43. The van der Waals surface area contributed by atoms with E-state index in [0.29, 0.717) is 0 Å². The number of hydrogen-bond donors (Lipinski definition) is 1. The van der Waals surface area contributed by atoms with Crippen LogP contribution in [0.3, 0.4) is 0 Å². The number of rotatable bonds is 9. The minimum Gasteiger partial charge on any atom is -0.312 e. The number of nitrogens with zero attached hydrogens (tertiary/aromatic N) is 2. The van der Waals surface area contributed by atoms with Gasteiger partial charge in [-0.15, -0.1) is 0 Å². The predicted molar refractivity (Wildman–Crippen MR) is 93.5 cm³/mol. The summed E-state index contributed by atoms with van der Waals surface area (Å²) in [5.74, 6) is 0. The van der Waals surface area contributed by atoms with Gasteiger partial charge in [-0.2, -0.15) is 0 Å². The van der Waals surface area contributed by atoms with Crippen molar-refractivity contribution >= 4 is 6.08 Å². The van der Waals surface area contributed by atoms with E-state index in [9.17, 15) is 0 Å². The molecule has 0 aliphatic heterocycles. The molecule has 0 atom stereocenters. The van der Waals surface area contributed by atoms with Crippen LogP contribution in [0.1, 0.15) is 18.2 Å².